The Morgan fingerprint density at radius 2 is 2.10 bits per heavy atom. The molecule has 0 aliphatic rings. The molecule has 6 heteroatoms. The Morgan fingerprint density at radius 3 is 2.65 bits per heavy atom. The molecule has 0 spiro atoms. The summed E-state index contributed by atoms with van der Waals surface area (Å²) in [5.41, 5.74) is 8.91. The van der Waals surface area contributed by atoms with Crippen molar-refractivity contribution in [2.24, 2.45) is 12.8 Å². The van der Waals surface area contributed by atoms with E-state index < -0.39 is 0 Å². The second kappa shape index (κ2) is 6.28. The summed E-state index contributed by atoms with van der Waals surface area (Å²) in [5, 5.41) is 4.35. The summed E-state index contributed by atoms with van der Waals surface area (Å²) in [5.74, 6) is 0.792. The van der Waals surface area contributed by atoms with E-state index in [0.717, 1.165) is 31.6 Å². The van der Waals surface area contributed by atoms with E-state index >= 15 is 0 Å². The summed E-state index contributed by atoms with van der Waals surface area (Å²) in [6, 6.07) is 5.81. The average Bonchev–Trinajstić information content (AvgIpc) is 2.61. The van der Waals surface area contributed by atoms with Gasteiger partial charge < -0.3 is 10.5 Å². The van der Waals surface area contributed by atoms with Crippen LogP contribution in [0.1, 0.15) is 29.9 Å². The van der Waals surface area contributed by atoms with E-state index in [1.54, 1.807) is 0 Å². The van der Waals surface area contributed by atoms with Crippen LogP contribution in [0.25, 0.3) is 0 Å². The highest BCUT2D eigenvalue weighted by Crippen LogP contribution is 2.29. The predicted molar refractivity (Wildman–Crippen MR) is 86.7 cm³/mol. The molecule has 4 nitrogen and oxygen atoms in total. The molecule has 1 atom stereocenters. The number of aromatic nitrogens is 2. The SMILES string of the molecule is Cc1nn(C)c(COc2cc(Br)ccc2C(C)N)c1Br. The fraction of sp³-hybridized carbons (Fsp3) is 0.357. The lowest BCUT2D eigenvalue weighted by Crippen LogP contribution is -2.09. The Labute approximate surface area is 135 Å². The van der Waals surface area contributed by atoms with Crippen molar-refractivity contribution in [1.82, 2.24) is 9.78 Å². The molecule has 1 heterocycles. The van der Waals surface area contributed by atoms with E-state index in [4.69, 9.17) is 10.5 Å². The second-order valence-electron chi connectivity index (χ2n) is 4.73. The summed E-state index contributed by atoms with van der Waals surface area (Å²) >= 11 is 7.00. The zero-order valence-corrected chi connectivity index (χ0v) is 14.8. The maximum Gasteiger partial charge on any atom is 0.131 e. The van der Waals surface area contributed by atoms with Gasteiger partial charge in [-0.05, 0) is 41.9 Å². The molecule has 1 unspecified atom stereocenters. The van der Waals surface area contributed by atoms with E-state index in [1.807, 2.05) is 43.8 Å². The normalized spacial score (nSPS) is 12.5. The third-order valence-electron chi connectivity index (χ3n) is 3.09. The first kappa shape index (κ1) is 15.5. The number of hydrogen-bond donors (Lipinski definition) is 1. The molecule has 20 heavy (non-hydrogen) atoms. The summed E-state index contributed by atoms with van der Waals surface area (Å²) in [6.07, 6.45) is 0. The molecule has 0 amide bonds. The highest BCUT2D eigenvalue weighted by molar-refractivity contribution is 9.10. The summed E-state index contributed by atoms with van der Waals surface area (Å²) in [6.45, 7) is 4.34. The number of rotatable bonds is 4. The van der Waals surface area contributed by atoms with E-state index in [-0.39, 0.29) is 6.04 Å². The lowest BCUT2D eigenvalue weighted by Gasteiger charge is -2.14. The Kier molecular flexibility index (Phi) is 4.88. The third-order valence-corrected chi connectivity index (χ3v) is 4.62. The molecule has 0 saturated carbocycles. The molecule has 108 valence electrons. The first-order valence-electron chi connectivity index (χ1n) is 6.26. The van der Waals surface area contributed by atoms with Gasteiger partial charge in [0.2, 0.25) is 0 Å². The van der Waals surface area contributed by atoms with Gasteiger partial charge in [-0.1, -0.05) is 22.0 Å². The fourth-order valence-electron chi connectivity index (χ4n) is 1.99. The van der Waals surface area contributed by atoms with E-state index in [0.29, 0.717) is 6.61 Å². The third kappa shape index (κ3) is 3.24. The molecule has 1 aromatic heterocycles. The van der Waals surface area contributed by atoms with E-state index in [9.17, 15) is 0 Å². The quantitative estimate of drug-likeness (QED) is 0.844. The predicted octanol–water partition coefficient (Wildman–Crippen LogP) is 3.85. The Balaban J connectivity index is 2.24. The van der Waals surface area contributed by atoms with Gasteiger partial charge in [-0.15, -0.1) is 0 Å². The molecular weight excluding hydrogens is 386 g/mol. The number of nitrogens with two attached hydrogens (primary N) is 1. The van der Waals surface area contributed by atoms with Crippen molar-refractivity contribution >= 4 is 31.9 Å². The van der Waals surface area contributed by atoms with Crippen LogP contribution in [0.15, 0.2) is 27.1 Å². The molecule has 0 aliphatic carbocycles. The Morgan fingerprint density at radius 1 is 1.40 bits per heavy atom. The first-order valence-corrected chi connectivity index (χ1v) is 7.84. The standard InChI is InChI=1S/C14H17Br2N3O/c1-8(17)11-5-4-10(15)6-13(11)20-7-12-14(16)9(2)18-19(12)3/h4-6,8H,7,17H2,1-3H3. The van der Waals surface area contributed by atoms with Gasteiger partial charge in [-0.25, -0.2) is 0 Å². The van der Waals surface area contributed by atoms with Crippen molar-refractivity contribution < 1.29 is 4.74 Å². The molecule has 1 aromatic carbocycles. The van der Waals surface area contributed by atoms with Crippen molar-refractivity contribution in [3.63, 3.8) is 0 Å². The van der Waals surface area contributed by atoms with Crippen molar-refractivity contribution in [1.29, 1.82) is 0 Å². The molecule has 2 N–H and O–H groups in total. The molecular formula is C14H17Br2N3O. The van der Waals surface area contributed by atoms with Gasteiger partial charge in [-0.2, -0.15) is 5.10 Å². The van der Waals surface area contributed by atoms with Crippen LogP contribution in [-0.2, 0) is 13.7 Å². The van der Waals surface area contributed by atoms with Gasteiger partial charge in [0.1, 0.15) is 12.4 Å². The number of ether oxygens (including phenoxy) is 1. The molecule has 2 aromatic rings. The average molecular weight is 403 g/mol. The number of halogens is 2. The fourth-order valence-corrected chi connectivity index (χ4v) is 2.78. The Hall–Kier alpha value is -0.850. The van der Waals surface area contributed by atoms with Gasteiger partial charge in [0.05, 0.1) is 15.9 Å². The van der Waals surface area contributed by atoms with Crippen molar-refractivity contribution in [3.05, 3.63) is 44.1 Å². The molecule has 0 bridgehead atoms. The first-order chi connectivity index (χ1) is 9.40. The molecule has 0 aliphatic heterocycles. The summed E-state index contributed by atoms with van der Waals surface area (Å²) in [7, 11) is 1.91. The minimum absolute atomic E-state index is 0.0742. The van der Waals surface area contributed by atoms with Crippen molar-refractivity contribution in [2.75, 3.05) is 0 Å². The van der Waals surface area contributed by atoms with Crippen LogP contribution < -0.4 is 10.5 Å². The lowest BCUT2D eigenvalue weighted by atomic mass is 10.1. The lowest BCUT2D eigenvalue weighted by molar-refractivity contribution is 0.289. The van der Waals surface area contributed by atoms with Crippen LogP contribution in [-0.4, -0.2) is 9.78 Å². The van der Waals surface area contributed by atoms with Gasteiger partial charge in [0, 0.05) is 23.1 Å². The van der Waals surface area contributed by atoms with Crippen LogP contribution in [0.3, 0.4) is 0 Å². The van der Waals surface area contributed by atoms with Crippen molar-refractivity contribution in [3.8, 4) is 5.75 Å². The second-order valence-corrected chi connectivity index (χ2v) is 6.44. The number of benzene rings is 1. The molecule has 0 radical (unpaired) electrons. The largest absolute Gasteiger partial charge is 0.487 e. The number of nitrogens with zero attached hydrogens (tertiary/aromatic N) is 2. The van der Waals surface area contributed by atoms with Crippen LogP contribution >= 0.6 is 31.9 Å². The van der Waals surface area contributed by atoms with Crippen LogP contribution in [0.5, 0.6) is 5.75 Å². The van der Waals surface area contributed by atoms with Crippen LogP contribution in [0.4, 0.5) is 0 Å². The van der Waals surface area contributed by atoms with Gasteiger partial charge >= 0.3 is 0 Å². The minimum Gasteiger partial charge on any atom is -0.487 e. The maximum atomic E-state index is 5.98. The molecule has 0 fully saturated rings. The number of hydrogen-bond acceptors (Lipinski definition) is 3. The molecule has 0 saturated heterocycles. The topological polar surface area (TPSA) is 53.1 Å². The Bertz CT molecular complexity index is 623. The van der Waals surface area contributed by atoms with Gasteiger partial charge in [-0.3, -0.25) is 4.68 Å². The summed E-state index contributed by atoms with van der Waals surface area (Å²) < 4.78 is 9.72. The smallest absolute Gasteiger partial charge is 0.131 e. The highest BCUT2D eigenvalue weighted by Gasteiger charge is 2.13. The van der Waals surface area contributed by atoms with Crippen LogP contribution in [0, 0.1) is 6.92 Å². The zero-order valence-electron chi connectivity index (χ0n) is 11.7. The van der Waals surface area contributed by atoms with Gasteiger partial charge in [0.25, 0.3) is 0 Å². The number of aryl methyl sites for hydroxylation is 2. The maximum absolute atomic E-state index is 5.98. The van der Waals surface area contributed by atoms with Gasteiger partial charge in [0.15, 0.2) is 0 Å². The monoisotopic (exact) mass is 401 g/mol. The van der Waals surface area contributed by atoms with Crippen LogP contribution in [0.2, 0.25) is 0 Å². The summed E-state index contributed by atoms with van der Waals surface area (Å²) in [4.78, 5) is 0. The van der Waals surface area contributed by atoms with E-state index in [1.165, 1.54) is 0 Å². The van der Waals surface area contributed by atoms with Crippen molar-refractivity contribution in [2.45, 2.75) is 26.5 Å². The molecule has 2 rings (SSSR count). The minimum atomic E-state index is -0.0742. The zero-order chi connectivity index (χ0) is 14.9. The van der Waals surface area contributed by atoms with E-state index in [2.05, 4.69) is 37.0 Å². The highest BCUT2D eigenvalue weighted by atomic mass is 79.9.